The van der Waals surface area contributed by atoms with E-state index in [4.69, 9.17) is 4.74 Å². The lowest BCUT2D eigenvalue weighted by Gasteiger charge is -2.24. The van der Waals surface area contributed by atoms with E-state index < -0.39 is 23.9 Å². The zero-order valence-corrected chi connectivity index (χ0v) is 15.4. The van der Waals surface area contributed by atoms with Crippen molar-refractivity contribution in [2.45, 2.75) is 52.0 Å². The van der Waals surface area contributed by atoms with Gasteiger partial charge in [-0.1, -0.05) is 18.2 Å². The summed E-state index contributed by atoms with van der Waals surface area (Å²) in [6.07, 6.45) is 2.36. The first kappa shape index (κ1) is 19.7. The van der Waals surface area contributed by atoms with Crippen molar-refractivity contribution in [3.8, 4) is 0 Å². The summed E-state index contributed by atoms with van der Waals surface area (Å²) in [4.78, 5) is 36.1. The molecular formula is C20H25NO5. The number of carbonyl (C=O) groups is 3. The van der Waals surface area contributed by atoms with Gasteiger partial charge >= 0.3 is 11.9 Å². The molecule has 2 rings (SSSR count). The van der Waals surface area contributed by atoms with E-state index in [1.165, 1.54) is 7.11 Å². The predicted molar refractivity (Wildman–Crippen MR) is 96.6 cm³/mol. The number of amides is 1. The molecule has 0 heterocycles. The first-order chi connectivity index (χ1) is 12.3. The molecule has 0 spiro atoms. The van der Waals surface area contributed by atoms with Crippen LogP contribution >= 0.6 is 0 Å². The van der Waals surface area contributed by atoms with Gasteiger partial charge < -0.3 is 15.2 Å². The highest BCUT2D eigenvalue weighted by atomic mass is 16.5. The molecule has 2 N–H and O–H groups in total. The van der Waals surface area contributed by atoms with Gasteiger partial charge in [-0.25, -0.2) is 4.79 Å². The highest BCUT2D eigenvalue weighted by molar-refractivity contribution is 6.02. The van der Waals surface area contributed by atoms with Gasteiger partial charge in [0.05, 0.1) is 19.6 Å². The molecule has 26 heavy (non-hydrogen) atoms. The minimum atomic E-state index is -1.05. The van der Waals surface area contributed by atoms with E-state index >= 15 is 0 Å². The third-order valence-electron chi connectivity index (χ3n) is 4.93. The zero-order valence-electron chi connectivity index (χ0n) is 15.4. The largest absolute Gasteiger partial charge is 0.478 e. The van der Waals surface area contributed by atoms with E-state index in [1.807, 2.05) is 32.0 Å². The van der Waals surface area contributed by atoms with Crippen LogP contribution in [0.4, 0.5) is 0 Å². The molecule has 1 aliphatic carbocycles. The third kappa shape index (κ3) is 4.50. The molecule has 0 unspecified atom stereocenters. The average molecular weight is 359 g/mol. The summed E-state index contributed by atoms with van der Waals surface area (Å²) in [7, 11) is 1.30. The predicted octanol–water partition coefficient (Wildman–Crippen LogP) is 2.98. The molecule has 0 aliphatic heterocycles. The van der Waals surface area contributed by atoms with Gasteiger partial charge in [0.1, 0.15) is 0 Å². The van der Waals surface area contributed by atoms with Crippen molar-refractivity contribution in [2.24, 2.45) is 0 Å². The van der Waals surface area contributed by atoms with Gasteiger partial charge in [0.25, 0.3) is 0 Å². The number of carbonyl (C=O) groups excluding carboxylic acids is 2. The quantitative estimate of drug-likeness (QED) is 0.762. The molecule has 140 valence electrons. The summed E-state index contributed by atoms with van der Waals surface area (Å²) in [5.74, 6) is -1.91. The summed E-state index contributed by atoms with van der Waals surface area (Å²) in [6, 6.07) is 5.13. The maximum atomic E-state index is 12.8. The molecule has 0 fully saturated rings. The van der Waals surface area contributed by atoms with Crippen LogP contribution in [0.15, 0.2) is 29.3 Å². The number of esters is 1. The van der Waals surface area contributed by atoms with Crippen molar-refractivity contribution in [1.29, 1.82) is 0 Å². The fraction of sp³-hybridized carbons (Fsp3) is 0.450. The highest BCUT2D eigenvalue weighted by Gasteiger charge is 2.27. The molecule has 0 saturated heterocycles. The Hall–Kier alpha value is -2.63. The van der Waals surface area contributed by atoms with Crippen LogP contribution in [0.2, 0.25) is 0 Å². The average Bonchev–Trinajstić information content (AvgIpc) is 2.63. The second kappa shape index (κ2) is 8.65. The summed E-state index contributed by atoms with van der Waals surface area (Å²) in [6.45, 7) is 3.89. The number of aryl methyl sites for hydroxylation is 1. The van der Waals surface area contributed by atoms with Crippen LogP contribution in [0.3, 0.4) is 0 Å². The van der Waals surface area contributed by atoms with Gasteiger partial charge in [0.15, 0.2) is 0 Å². The molecule has 1 atom stereocenters. The number of carboxylic acid groups (broad SMARTS) is 1. The van der Waals surface area contributed by atoms with Gasteiger partial charge in [-0.05, 0) is 56.2 Å². The number of benzene rings is 1. The Balaban J connectivity index is 2.34. The number of nitrogens with one attached hydrogen (secondary N) is 1. The molecule has 6 nitrogen and oxygen atoms in total. The number of methoxy groups -OCH3 is 1. The minimum absolute atomic E-state index is 0.0117. The maximum absolute atomic E-state index is 12.8. The van der Waals surface area contributed by atoms with Crippen LogP contribution in [-0.4, -0.2) is 30.1 Å². The van der Waals surface area contributed by atoms with E-state index in [9.17, 15) is 19.5 Å². The van der Waals surface area contributed by atoms with Gasteiger partial charge in [-0.3, -0.25) is 9.59 Å². The first-order valence-electron chi connectivity index (χ1n) is 8.74. The monoisotopic (exact) mass is 359 g/mol. The van der Waals surface area contributed by atoms with Crippen LogP contribution in [0.5, 0.6) is 0 Å². The van der Waals surface area contributed by atoms with E-state index in [0.29, 0.717) is 18.4 Å². The third-order valence-corrected chi connectivity index (χ3v) is 4.93. The summed E-state index contributed by atoms with van der Waals surface area (Å²) >= 11 is 0. The number of carboxylic acids is 1. The molecule has 1 aromatic rings. The van der Waals surface area contributed by atoms with Gasteiger partial charge in [0, 0.05) is 11.1 Å². The highest BCUT2D eigenvalue weighted by Crippen LogP contribution is 2.28. The molecule has 6 heteroatoms. The normalized spacial score (nSPS) is 15.3. The van der Waals surface area contributed by atoms with E-state index in [1.54, 1.807) is 0 Å². The molecule has 0 bridgehead atoms. The summed E-state index contributed by atoms with van der Waals surface area (Å²) in [5, 5.41) is 12.2. The van der Waals surface area contributed by atoms with Crippen LogP contribution in [-0.2, 0) is 19.1 Å². The Morgan fingerprint density at radius 1 is 1.15 bits per heavy atom. The van der Waals surface area contributed by atoms with E-state index in [2.05, 4.69) is 5.32 Å². The topological polar surface area (TPSA) is 92.7 Å². The Labute approximate surface area is 153 Å². The molecule has 1 amide bonds. The minimum Gasteiger partial charge on any atom is -0.478 e. The fourth-order valence-corrected chi connectivity index (χ4v) is 3.28. The van der Waals surface area contributed by atoms with Gasteiger partial charge in [-0.15, -0.1) is 0 Å². The van der Waals surface area contributed by atoms with Crippen LogP contribution in [0.25, 0.3) is 0 Å². The van der Waals surface area contributed by atoms with E-state index in [0.717, 1.165) is 29.5 Å². The fourth-order valence-electron chi connectivity index (χ4n) is 3.28. The van der Waals surface area contributed by atoms with Crippen LogP contribution < -0.4 is 5.32 Å². The maximum Gasteiger partial charge on any atom is 0.332 e. The Bertz CT molecular complexity index is 751. The lowest BCUT2D eigenvalue weighted by atomic mass is 9.90. The summed E-state index contributed by atoms with van der Waals surface area (Å²) in [5.41, 5.74) is 3.35. The molecule has 0 saturated carbocycles. The molecule has 1 aromatic carbocycles. The van der Waals surface area contributed by atoms with E-state index in [-0.39, 0.29) is 12.0 Å². The number of hydrogen-bond acceptors (Lipinski definition) is 4. The molecule has 1 aliphatic rings. The Morgan fingerprint density at radius 3 is 2.42 bits per heavy atom. The van der Waals surface area contributed by atoms with Gasteiger partial charge in [-0.2, -0.15) is 0 Å². The lowest BCUT2D eigenvalue weighted by Crippen LogP contribution is -2.33. The smallest absolute Gasteiger partial charge is 0.332 e. The number of ether oxygens (including phenoxy) is 1. The zero-order chi connectivity index (χ0) is 19.3. The standard InChI is InChI=1S/C20H25NO5/c1-12-7-6-10-14(13(12)2)17(11-18(22)26-3)21-19(23)15-8-4-5-9-16(15)20(24)25/h6-7,10,17H,4-5,8-9,11H2,1-3H3,(H,21,23)(H,24,25)/t17-/m1/s1. The Morgan fingerprint density at radius 2 is 1.81 bits per heavy atom. The second-order valence-electron chi connectivity index (χ2n) is 6.56. The van der Waals surface area contributed by atoms with Crippen LogP contribution in [0, 0.1) is 13.8 Å². The summed E-state index contributed by atoms with van der Waals surface area (Å²) < 4.78 is 4.76. The number of rotatable bonds is 6. The van der Waals surface area contributed by atoms with Crippen molar-refractivity contribution in [3.05, 3.63) is 46.0 Å². The van der Waals surface area contributed by atoms with Crippen molar-refractivity contribution in [2.75, 3.05) is 7.11 Å². The SMILES string of the molecule is COC(=O)C[C@@H](NC(=O)C1=C(C(=O)O)CCCC1)c1cccc(C)c1C. The van der Waals surface area contributed by atoms with Crippen molar-refractivity contribution in [1.82, 2.24) is 5.32 Å². The van der Waals surface area contributed by atoms with Crippen LogP contribution in [0.1, 0.15) is 54.8 Å². The number of hydrogen-bond donors (Lipinski definition) is 2. The second-order valence-corrected chi connectivity index (χ2v) is 6.56. The first-order valence-corrected chi connectivity index (χ1v) is 8.74. The van der Waals surface area contributed by atoms with Crippen molar-refractivity contribution >= 4 is 17.8 Å². The van der Waals surface area contributed by atoms with Crippen molar-refractivity contribution < 1.29 is 24.2 Å². The Kier molecular flexibility index (Phi) is 6.55. The number of aliphatic carboxylic acids is 1. The lowest BCUT2D eigenvalue weighted by molar-refractivity contribution is -0.141. The van der Waals surface area contributed by atoms with Gasteiger partial charge in [0.2, 0.25) is 5.91 Å². The van der Waals surface area contributed by atoms with Crippen molar-refractivity contribution in [3.63, 3.8) is 0 Å². The molecular weight excluding hydrogens is 334 g/mol. The molecule has 0 aromatic heterocycles. The molecule has 0 radical (unpaired) electrons.